The van der Waals surface area contributed by atoms with Crippen LogP contribution in [0.5, 0.6) is 0 Å². The predicted octanol–water partition coefficient (Wildman–Crippen LogP) is 5.29. The molecule has 0 bridgehead atoms. The van der Waals surface area contributed by atoms with Gasteiger partial charge in [0.05, 0.1) is 11.1 Å². The van der Waals surface area contributed by atoms with E-state index >= 15 is 0 Å². The number of aromatic carboxylic acids is 2. The smallest absolute Gasteiger partial charge is 0.338 e. The second kappa shape index (κ2) is 8.33. The van der Waals surface area contributed by atoms with Crippen LogP contribution in [0, 0.1) is 17.7 Å². The van der Waals surface area contributed by atoms with Gasteiger partial charge in [-0.05, 0) is 59.1 Å². The third kappa shape index (κ3) is 4.94. The molecule has 0 spiro atoms. The average molecular weight is 372 g/mol. The van der Waals surface area contributed by atoms with E-state index in [1.54, 1.807) is 6.07 Å². The number of carbonyl (C=O) groups is 2. The largest absolute Gasteiger partial charge is 0.478 e. The van der Waals surface area contributed by atoms with Crippen LogP contribution in [-0.4, -0.2) is 22.2 Å². The van der Waals surface area contributed by atoms with E-state index in [2.05, 4.69) is 27.7 Å². The second-order valence-corrected chi connectivity index (χ2v) is 7.67. The maximum Gasteiger partial charge on any atom is 0.338 e. The molecule has 0 atom stereocenters. The Balaban J connectivity index is 2.67. The molecule has 0 saturated heterocycles. The maximum atomic E-state index is 14.0. The summed E-state index contributed by atoms with van der Waals surface area (Å²) in [6.45, 7) is 8.48. The van der Waals surface area contributed by atoms with Crippen LogP contribution in [0.3, 0.4) is 0 Å². The molecule has 5 heteroatoms. The summed E-state index contributed by atoms with van der Waals surface area (Å²) >= 11 is 0. The number of carboxylic acid groups (broad SMARTS) is 2. The standard InChI is InChI=1S/C22H25FO4/c1-12(2)7-14-5-6-15(9-16(14)8-13(3)4)17-10-19(22(26)27)20(23)11-18(17)21(24)25/h5-6,9-13H,7-8H2,1-4H3,(H,24,25)(H,26,27). The summed E-state index contributed by atoms with van der Waals surface area (Å²) in [6.07, 6.45) is 1.73. The van der Waals surface area contributed by atoms with Crippen LogP contribution in [0.1, 0.15) is 59.5 Å². The van der Waals surface area contributed by atoms with Gasteiger partial charge in [-0.15, -0.1) is 0 Å². The van der Waals surface area contributed by atoms with Gasteiger partial charge in [0.25, 0.3) is 0 Å². The molecule has 2 N–H and O–H groups in total. The Bertz CT molecular complexity index is 869. The van der Waals surface area contributed by atoms with Crippen molar-refractivity contribution in [1.29, 1.82) is 0 Å². The summed E-state index contributed by atoms with van der Waals surface area (Å²) in [4.78, 5) is 22.9. The first kappa shape index (κ1) is 20.6. The van der Waals surface area contributed by atoms with E-state index in [1.807, 2.05) is 12.1 Å². The third-order valence-electron chi connectivity index (χ3n) is 4.34. The van der Waals surface area contributed by atoms with Crippen LogP contribution in [0.2, 0.25) is 0 Å². The third-order valence-corrected chi connectivity index (χ3v) is 4.34. The van der Waals surface area contributed by atoms with Gasteiger partial charge in [0, 0.05) is 0 Å². The van der Waals surface area contributed by atoms with Gasteiger partial charge in [0.1, 0.15) is 5.82 Å². The van der Waals surface area contributed by atoms with E-state index in [0.29, 0.717) is 17.4 Å². The summed E-state index contributed by atoms with van der Waals surface area (Å²) < 4.78 is 14.0. The highest BCUT2D eigenvalue weighted by molar-refractivity contribution is 5.99. The number of halogens is 1. The van der Waals surface area contributed by atoms with Crippen LogP contribution in [0.4, 0.5) is 4.39 Å². The minimum atomic E-state index is -1.43. The number of rotatable bonds is 7. The molecule has 0 aliphatic rings. The zero-order chi connectivity index (χ0) is 20.3. The van der Waals surface area contributed by atoms with Gasteiger partial charge in [-0.1, -0.05) is 45.9 Å². The lowest BCUT2D eigenvalue weighted by molar-refractivity contribution is 0.0677. The highest BCUT2D eigenvalue weighted by Crippen LogP contribution is 2.30. The highest BCUT2D eigenvalue weighted by atomic mass is 19.1. The van der Waals surface area contributed by atoms with Crippen molar-refractivity contribution in [2.75, 3.05) is 0 Å². The molecule has 2 aromatic rings. The Labute approximate surface area is 158 Å². The molecule has 0 fully saturated rings. The van der Waals surface area contributed by atoms with E-state index in [0.717, 1.165) is 30.5 Å². The van der Waals surface area contributed by atoms with Crippen molar-refractivity contribution in [3.63, 3.8) is 0 Å². The molecule has 0 saturated carbocycles. The topological polar surface area (TPSA) is 74.6 Å². The Morgan fingerprint density at radius 3 is 1.93 bits per heavy atom. The van der Waals surface area contributed by atoms with Crippen LogP contribution in [0.15, 0.2) is 30.3 Å². The Hall–Kier alpha value is -2.69. The summed E-state index contributed by atoms with van der Waals surface area (Å²) in [6, 6.07) is 7.54. The Morgan fingerprint density at radius 2 is 1.41 bits per heavy atom. The molecule has 27 heavy (non-hydrogen) atoms. The number of hydrogen-bond donors (Lipinski definition) is 2. The van der Waals surface area contributed by atoms with Crippen LogP contribution < -0.4 is 0 Å². The SMILES string of the molecule is CC(C)Cc1ccc(-c2cc(C(=O)O)c(F)cc2C(=O)O)cc1CC(C)C. The van der Waals surface area contributed by atoms with Gasteiger partial charge in [-0.2, -0.15) is 0 Å². The molecule has 2 rings (SSSR count). The molecule has 0 aliphatic carbocycles. The summed E-state index contributed by atoms with van der Waals surface area (Å²) in [7, 11) is 0. The fraction of sp³-hybridized carbons (Fsp3) is 0.364. The van der Waals surface area contributed by atoms with Gasteiger partial charge in [-0.25, -0.2) is 14.0 Å². The lowest BCUT2D eigenvalue weighted by Crippen LogP contribution is -2.08. The second-order valence-electron chi connectivity index (χ2n) is 7.67. The van der Waals surface area contributed by atoms with Crippen LogP contribution in [0.25, 0.3) is 11.1 Å². The Morgan fingerprint density at radius 1 is 0.852 bits per heavy atom. The Kier molecular flexibility index (Phi) is 6.37. The van der Waals surface area contributed by atoms with E-state index in [9.17, 15) is 24.2 Å². The molecule has 0 unspecified atom stereocenters. The molecule has 0 amide bonds. The lowest BCUT2D eigenvalue weighted by atomic mass is 9.88. The molecule has 0 aliphatic heterocycles. The van der Waals surface area contributed by atoms with Crippen LogP contribution >= 0.6 is 0 Å². The van der Waals surface area contributed by atoms with Crippen molar-refractivity contribution in [1.82, 2.24) is 0 Å². The average Bonchev–Trinajstić information content (AvgIpc) is 2.55. The van der Waals surface area contributed by atoms with Crippen molar-refractivity contribution in [3.8, 4) is 11.1 Å². The normalized spacial score (nSPS) is 11.2. The molecule has 4 nitrogen and oxygen atoms in total. The summed E-state index contributed by atoms with van der Waals surface area (Å²) in [5.74, 6) is -2.89. The van der Waals surface area contributed by atoms with Crippen LogP contribution in [-0.2, 0) is 12.8 Å². The first-order valence-electron chi connectivity index (χ1n) is 9.02. The van der Waals surface area contributed by atoms with E-state index in [-0.39, 0.29) is 11.1 Å². The summed E-state index contributed by atoms with van der Waals surface area (Å²) in [5, 5.41) is 18.7. The van der Waals surface area contributed by atoms with Gasteiger partial charge in [0.15, 0.2) is 0 Å². The predicted molar refractivity (Wildman–Crippen MR) is 103 cm³/mol. The van der Waals surface area contributed by atoms with Gasteiger partial charge < -0.3 is 10.2 Å². The minimum Gasteiger partial charge on any atom is -0.478 e. The first-order chi connectivity index (χ1) is 12.6. The van der Waals surface area contributed by atoms with Gasteiger partial charge in [0.2, 0.25) is 0 Å². The molecular formula is C22H25FO4. The van der Waals surface area contributed by atoms with Crippen molar-refractivity contribution < 1.29 is 24.2 Å². The van der Waals surface area contributed by atoms with E-state index < -0.39 is 23.3 Å². The maximum absolute atomic E-state index is 14.0. The lowest BCUT2D eigenvalue weighted by Gasteiger charge is -2.17. The molecule has 144 valence electrons. The van der Waals surface area contributed by atoms with E-state index in [1.165, 1.54) is 5.56 Å². The van der Waals surface area contributed by atoms with E-state index in [4.69, 9.17) is 0 Å². The summed E-state index contributed by atoms with van der Waals surface area (Å²) in [5.41, 5.74) is 2.31. The molecule has 0 radical (unpaired) electrons. The minimum absolute atomic E-state index is 0.211. The zero-order valence-corrected chi connectivity index (χ0v) is 16.0. The van der Waals surface area contributed by atoms with Crippen molar-refractivity contribution >= 4 is 11.9 Å². The quantitative estimate of drug-likeness (QED) is 0.693. The van der Waals surface area contributed by atoms with Crippen molar-refractivity contribution in [3.05, 3.63) is 58.4 Å². The fourth-order valence-electron chi connectivity index (χ4n) is 3.22. The molecule has 2 aromatic carbocycles. The zero-order valence-electron chi connectivity index (χ0n) is 16.0. The highest BCUT2D eigenvalue weighted by Gasteiger charge is 2.20. The first-order valence-corrected chi connectivity index (χ1v) is 9.02. The van der Waals surface area contributed by atoms with Crippen molar-refractivity contribution in [2.45, 2.75) is 40.5 Å². The van der Waals surface area contributed by atoms with Crippen molar-refractivity contribution in [2.24, 2.45) is 11.8 Å². The number of hydrogen-bond acceptors (Lipinski definition) is 2. The fourth-order valence-corrected chi connectivity index (χ4v) is 3.22. The molecular weight excluding hydrogens is 347 g/mol. The molecule has 0 aromatic heterocycles. The molecule has 0 heterocycles. The monoisotopic (exact) mass is 372 g/mol. The number of benzene rings is 2. The number of carboxylic acids is 2. The van der Waals surface area contributed by atoms with Gasteiger partial charge in [-0.3, -0.25) is 0 Å². The van der Waals surface area contributed by atoms with Gasteiger partial charge >= 0.3 is 11.9 Å².